The lowest BCUT2D eigenvalue weighted by atomic mass is 9.81. The number of nitrogens with zero attached hydrogens (tertiary/aromatic N) is 4. The Bertz CT molecular complexity index is 2270. The van der Waals surface area contributed by atoms with Crippen molar-refractivity contribution in [3.05, 3.63) is 114 Å². The van der Waals surface area contributed by atoms with Crippen LogP contribution in [-0.2, 0) is 20.4 Å². The number of nitrogen functional groups attached to an aromatic ring is 1. The number of rotatable bonds is 8. The van der Waals surface area contributed by atoms with E-state index in [0.29, 0.717) is 5.69 Å². The molecule has 0 fully saturated rings. The molecular weight excluding hydrogens is 638 g/mol. The molecule has 0 aliphatic heterocycles. The van der Waals surface area contributed by atoms with E-state index in [2.05, 4.69) is 25.6 Å². The Kier molecular flexibility index (Phi) is 7.45. The average molecular weight is 660 g/mol. The lowest BCUT2D eigenvalue weighted by molar-refractivity contribution is 0.0980. The molecule has 0 spiro atoms. The molecule has 1 aromatic heterocycles. The minimum atomic E-state index is -5.50. The second-order valence-electron chi connectivity index (χ2n) is 9.72. The molecule has 5 aromatic rings. The second kappa shape index (κ2) is 11.3. The molecule has 0 saturated carbocycles. The molecular formula is C29H21N7O8S2. The van der Waals surface area contributed by atoms with E-state index in [9.17, 15) is 35.5 Å². The summed E-state index contributed by atoms with van der Waals surface area (Å²) in [7, 11) is -11.0. The van der Waals surface area contributed by atoms with Crippen LogP contribution in [0, 0.1) is 0 Å². The number of para-hydroxylation sites is 2. The zero-order chi connectivity index (χ0) is 32.8. The van der Waals surface area contributed by atoms with Crippen molar-refractivity contribution in [1.82, 2.24) is 15.0 Å². The van der Waals surface area contributed by atoms with E-state index in [4.69, 9.17) is 5.73 Å². The zero-order valence-corrected chi connectivity index (χ0v) is 24.8. The van der Waals surface area contributed by atoms with Crippen molar-refractivity contribution in [1.29, 1.82) is 0 Å². The van der Waals surface area contributed by atoms with Crippen LogP contribution in [0.3, 0.4) is 0 Å². The standard InChI is InChI=1S/C29H21N7O8S2/c30-22-20-21(26(38)19-14-8-7-13-18(19)25(20)37)23(34-29-32-15-31-28(35-29)33-16-9-3-1-4-10-16)24(27(22)45(39,40)41)36(46(42,43)44)17-11-5-2-6-12-17/h1-15H,30H2,(H,39,40,41)(H,42,43,44)(H2,31,32,33,34,35). The monoisotopic (exact) mass is 659 g/mol. The number of fused-ring (bicyclic) bond motifs is 2. The molecule has 1 aliphatic carbocycles. The molecule has 0 bridgehead atoms. The molecule has 17 heteroatoms. The Hall–Kier alpha value is -5.75. The lowest BCUT2D eigenvalue weighted by Gasteiger charge is -2.30. The SMILES string of the molecule is Nc1c2c(c(Nc3ncnc(Nc4ccccc4)n3)c(N(c3ccccc3)S(=O)(=O)O)c1S(=O)(=O)O)C(=O)c1ccccc1C2=O. The highest BCUT2D eigenvalue weighted by Crippen LogP contribution is 2.50. The summed E-state index contributed by atoms with van der Waals surface area (Å²) < 4.78 is 73.2. The number of benzene rings is 4. The number of hydrogen-bond acceptors (Lipinski definition) is 12. The molecule has 1 heterocycles. The van der Waals surface area contributed by atoms with Crippen molar-refractivity contribution < 1.29 is 35.5 Å². The van der Waals surface area contributed by atoms with E-state index < -0.39 is 65.1 Å². The van der Waals surface area contributed by atoms with Crippen molar-refractivity contribution in [2.45, 2.75) is 4.90 Å². The molecule has 6 N–H and O–H groups in total. The minimum absolute atomic E-state index is 0.0213. The van der Waals surface area contributed by atoms with Crippen molar-refractivity contribution in [3.63, 3.8) is 0 Å². The number of nitrogens with one attached hydrogen (secondary N) is 2. The normalized spacial score (nSPS) is 12.7. The highest BCUT2D eigenvalue weighted by atomic mass is 32.2. The molecule has 1 aliphatic rings. The Morgan fingerprint density at radius 2 is 1.22 bits per heavy atom. The molecule has 15 nitrogen and oxygen atoms in total. The number of carbonyl (C=O) groups is 2. The van der Waals surface area contributed by atoms with Gasteiger partial charge >= 0.3 is 10.3 Å². The Balaban J connectivity index is 1.70. The first-order valence-electron chi connectivity index (χ1n) is 13.1. The first-order chi connectivity index (χ1) is 21.9. The number of nitrogens with two attached hydrogens (primary N) is 1. The van der Waals surface area contributed by atoms with Gasteiger partial charge in [0.25, 0.3) is 10.1 Å². The van der Waals surface area contributed by atoms with Crippen LogP contribution >= 0.6 is 0 Å². The maximum atomic E-state index is 14.1. The number of carbonyl (C=O) groups excluding carboxylic acids is 2. The fourth-order valence-electron chi connectivity index (χ4n) is 5.04. The van der Waals surface area contributed by atoms with E-state index in [1.54, 1.807) is 30.3 Å². The van der Waals surface area contributed by atoms with Gasteiger partial charge in [-0.25, -0.2) is 14.3 Å². The van der Waals surface area contributed by atoms with Crippen molar-refractivity contribution in [2.24, 2.45) is 0 Å². The number of aromatic nitrogens is 3. The van der Waals surface area contributed by atoms with Gasteiger partial charge in [-0.1, -0.05) is 60.7 Å². The van der Waals surface area contributed by atoms with Gasteiger partial charge in [-0.2, -0.15) is 21.8 Å². The molecule has 0 unspecified atom stereocenters. The topological polar surface area (TPSA) is 235 Å². The van der Waals surface area contributed by atoms with Crippen LogP contribution < -0.4 is 20.7 Å². The van der Waals surface area contributed by atoms with Gasteiger partial charge in [0.1, 0.15) is 16.9 Å². The van der Waals surface area contributed by atoms with Gasteiger partial charge in [0.05, 0.1) is 28.2 Å². The van der Waals surface area contributed by atoms with E-state index >= 15 is 0 Å². The summed E-state index contributed by atoms with van der Waals surface area (Å²) in [5, 5.41) is 5.58. The zero-order valence-electron chi connectivity index (χ0n) is 23.2. The maximum absolute atomic E-state index is 14.1. The number of anilines is 7. The summed E-state index contributed by atoms with van der Waals surface area (Å²) in [5.74, 6) is -2.12. The maximum Gasteiger partial charge on any atom is 0.364 e. The van der Waals surface area contributed by atoms with Gasteiger partial charge in [0.2, 0.25) is 11.9 Å². The summed E-state index contributed by atoms with van der Waals surface area (Å²) in [5.41, 5.74) is 2.46. The van der Waals surface area contributed by atoms with E-state index in [1.807, 2.05) is 0 Å². The third-order valence-electron chi connectivity index (χ3n) is 6.86. The summed E-state index contributed by atoms with van der Waals surface area (Å²) in [4.78, 5) is 38.9. The van der Waals surface area contributed by atoms with Crippen LogP contribution in [0.1, 0.15) is 31.8 Å². The van der Waals surface area contributed by atoms with Gasteiger partial charge in [0.15, 0.2) is 11.6 Å². The molecule has 0 saturated heterocycles. The summed E-state index contributed by atoms with van der Waals surface area (Å²) >= 11 is 0. The third-order valence-corrected chi connectivity index (χ3v) is 8.64. The summed E-state index contributed by atoms with van der Waals surface area (Å²) in [6, 6.07) is 21.0. The fraction of sp³-hybridized carbons (Fsp3) is 0. The third kappa shape index (κ3) is 5.39. The molecule has 0 atom stereocenters. The Morgan fingerprint density at radius 1 is 0.696 bits per heavy atom. The van der Waals surface area contributed by atoms with Gasteiger partial charge in [-0.15, -0.1) is 0 Å². The lowest BCUT2D eigenvalue weighted by Crippen LogP contribution is -2.31. The predicted molar refractivity (Wildman–Crippen MR) is 167 cm³/mol. The largest absolute Gasteiger partial charge is 0.397 e. The van der Waals surface area contributed by atoms with Crippen LogP contribution in [-0.4, -0.2) is 52.5 Å². The molecule has 4 aromatic carbocycles. The molecule has 232 valence electrons. The van der Waals surface area contributed by atoms with Gasteiger partial charge in [-0.3, -0.25) is 18.7 Å². The van der Waals surface area contributed by atoms with E-state index in [0.717, 1.165) is 6.33 Å². The molecule has 46 heavy (non-hydrogen) atoms. The summed E-state index contributed by atoms with van der Waals surface area (Å²) in [6.07, 6.45) is 1.06. The van der Waals surface area contributed by atoms with Crippen LogP contribution in [0.4, 0.5) is 40.3 Å². The fourth-order valence-corrected chi connectivity index (χ4v) is 6.72. The minimum Gasteiger partial charge on any atom is -0.397 e. The van der Waals surface area contributed by atoms with E-state index in [-0.39, 0.29) is 33.0 Å². The van der Waals surface area contributed by atoms with Gasteiger partial charge in [0, 0.05) is 16.8 Å². The Morgan fingerprint density at radius 3 is 1.78 bits per heavy atom. The molecule has 6 rings (SSSR count). The first kappa shape index (κ1) is 30.3. The van der Waals surface area contributed by atoms with Crippen LogP contribution in [0.2, 0.25) is 0 Å². The highest BCUT2D eigenvalue weighted by molar-refractivity contribution is 7.88. The quantitative estimate of drug-likeness (QED) is 0.115. The van der Waals surface area contributed by atoms with Crippen LogP contribution in [0.15, 0.2) is 96.2 Å². The molecule has 0 amide bonds. The summed E-state index contributed by atoms with van der Waals surface area (Å²) in [6.45, 7) is 0. The molecule has 0 radical (unpaired) electrons. The first-order valence-corrected chi connectivity index (χ1v) is 16.0. The number of ketones is 2. The van der Waals surface area contributed by atoms with E-state index in [1.165, 1.54) is 54.6 Å². The predicted octanol–water partition coefficient (Wildman–Crippen LogP) is 3.90. The van der Waals surface area contributed by atoms with Crippen molar-refractivity contribution in [3.8, 4) is 0 Å². The highest BCUT2D eigenvalue weighted by Gasteiger charge is 2.43. The number of hydrogen-bond donors (Lipinski definition) is 5. The second-order valence-corrected chi connectivity index (χ2v) is 12.3. The van der Waals surface area contributed by atoms with Gasteiger partial charge < -0.3 is 16.4 Å². The van der Waals surface area contributed by atoms with Crippen molar-refractivity contribution >= 4 is 72.3 Å². The smallest absolute Gasteiger partial charge is 0.364 e. The van der Waals surface area contributed by atoms with Crippen molar-refractivity contribution in [2.75, 3.05) is 20.7 Å². The average Bonchev–Trinajstić information content (AvgIpc) is 3.01. The van der Waals surface area contributed by atoms with Gasteiger partial charge in [-0.05, 0) is 24.3 Å². The Labute approximate surface area is 261 Å². The van der Waals surface area contributed by atoms with Crippen LogP contribution in [0.5, 0.6) is 0 Å². The van der Waals surface area contributed by atoms with Crippen LogP contribution in [0.25, 0.3) is 0 Å².